The molecule has 0 fully saturated rings. The number of rotatable bonds is 8. The molecule has 0 radical (unpaired) electrons. The Hall–Kier alpha value is -2.73. The number of halogens is 1. The van der Waals surface area contributed by atoms with E-state index in [9.17, 15) is 9.59 Å². The monoisotopic (exact) mass is 405 g/mol. The fourth-order valence-corrected chi connectivity index (χ4v) is 3.33. The number of ketones is 1. The van der Waals surface area contributed by atoms with E-state index in [1.807, 2.05) is 31.4 Å². The Morgan fingerprint density at radius 2 is 1.86 bits per heavy atom. The third-order valence-corrected chi connectivity index (χ3v) is 4.68. The number of hydrogen-bond acceptors (Lipinski definition) is 5. The summed E-state index contributed by atoms with van der Waals surface area (Å²) >= 11 is 6.14. The second kappa shape index (κ2) is 9.46. The molecule has 7 heteroatoms. The summed E-state index contributed by atoms with van der Waals surface area (Å²) in [6, 6.07) is 5.13. The molecule has 0 atom stereocenters. The molecule has 0 aliphatic carbocycles. The van der Waals surface area contributed by atoms with Gasteiger partial charge in [0.15, 0.2) is 18.1 Å². The van der Waals surface area contributed by atoms with E-state index in [4.69, 9.17) is 25.8 Å². The lowest BCUT2D eigenvalue weighted by Gasteiger charge is -2.10. The highest BCUT2D eigenvalue weighted by Crippen LogP contribution is 2.36. The molecule has 1 aromatic carbocycles. The van der Waals surface area contributed by atoms with Gasteiger partial charge in [0.1, 0.15) is 0 Å². The number of carbonyl (C=O) groups is 2. The van der Waals surface area contributed by atoms with Crippen molar-refractivity contribution in [2.75, 3.05) is 20.8 Å². The maximum atomic E-state index is 12.4. The Labute approximate surface area is 169 Å². The third kappa shape index (κ3) is 4.75. The van der Waals surface area contributed by atoms with Crippen molar-refractivity contribution in [1.29, 1.82) is 0 Å². The quantitative estimate of drug-likeness (QED) is 0.373. The van der Waals surface area contributed by atoms with Crippen LogP contribution in [0.1, 0.15) is 34.2 Å². The first-order chi connectivity index (χ1) is 13.3. The zero-order valence-electron chi connectivity index (χ0n) is 16.7. The van der Waals surface area contributed by atoms with E-state index in [1.54, 1.807) is 12.1 Å². The number of benzene rings is 1. The number of Topliss-reactive ketones (excluding diaryl/α,β-unsaturated/α-hetero) is 1. The molecule has 0 N–H and O–H groups in total. The van der Waals surface area contributed by atoms with Crippen molar-refractivity contribution in [2.24, 2.45) is 0 Å². The van der Waals surface area contributed by atoms with Crippen molar-refractivity contribution in [3.63, 3.8) is 0 Å². The molecule has 0 aliphatic heterocycles. The highest BCUT2D eigenvalue weighted by Gasteiger charge is 2.16. The fourth-order valence-electron chi connectivity index (χ4n) is 3.03. The van der Waals surface area contributed by atoms with Crippen molar-refractivity contribution in [3.8, 4) is 11.5 Å². The van der Waals surface area contributed by atoms with Gasteiger partial charge >= 0.3 is 5.97 Å². The summed E-state index contributed by atoms with van der Waals surface area (Å²) in [5.41, 5.74) is 3.08. The van der Waals surface area contributed by atoms with Gasteiger partial charge in [-0.05, 0) is 50.6 Å². The van der Waals surface area contributed by atoms with Gasteiger partial charge in [0, 0.05) is 29.6 Å². The van der Waals surface area contributed by atoms with Crippen molar-refractivity contribution in [3.05, 3.63) is 51.8 Å². The van der Waals surface area contributed by atoms with Crippen LogP contribution in [0.25, 0.3) is 6.08 Å². The van der Waals surface area contributed by atoms with Crippen LogP contribution >= 0.6 is 11.6 Å². The molecule has 0 bridgehead atoms. The number of methoxy groups -OCH3 is 2. The largest absolute Gasteiger partial charge is 0.493 e. The van der Waals surface area contributed by atoms with Gasteiger partial charge in [-0.1, -0.05) is 11.6 Å². The zero-order chi connectivity index (χ0) is 20.8. The van der Waals surface area contributed by atoms with Gasteiger partial charge in [-0.2, -0.15) is 0 Å². The van der Waals surface area contributed by atoms with E-state index in [0.29, 0.717) is 27.6 Å². The first-order valence-electron chi connectivity index (χ1n) is 8.78. The second-order valence-electron chi connectivity index (χ2n) is 6.13. The van der Waals surface area contributed by atoms with Gasteiger partial charge < -0.3 is 18.8 Å². The summed E-state index contributed by atoms with van der Waals surface area (Å²) < 4.78 is 17.5. The molecule has 28 heavy (non-hydrogen) atoms. The maximum absolute atomic E-state index is 12.4. The fraction of sp³-hybridized carbons (Fsp3) is 0.333. The van der Waals surface area contributed by atoms with Crippen molar-refractivity contribution in [1.82, 2.24) is 4.57 Å². The summed E-state index contributed by atoms with van der Waals surface area (Å²) in [7, 11) is 2.99. The van der Waals surface area contributed by atoms with Gasteiger partial charge in [-0.3, -0.25) is 4.79 Å². The van der Waals surface area contributed by atoms with E-state index in [1.165, 1.54) is 26.4 Å². The number of hydrogen-bond donors (Lipinski definition) is 0. The minimum Gasteiger partial charge on any atom is -0.493 e. The van der Waals surface area contributed by atoms with Crippen LogP contribution < -0.4 is 9.47 Å². The molecular formula is C21H24ClNO5. The number of aromatic nitrogens is 1. The van der Waals surface area contributed by atoms with Crippen molar-refractivity contribution < 1.29 is 23.8 Å². The van der Waals surface area contributed by atoms with Crippen LogP contribution in [0.3, 0.4) is 0 Å². The SMILES string of the molecule is CCn1c(C)cc(C(=O)COC(=O)/C=C/c2cc(Cl)c(OC)c(OC)c2)c1C. The van der Waals surface area contributed by atoms with Crippen LogP contribution in [-0.4, -0.2) is 37.1 Å². The van der Waals surface area contributed by atoms with Crippen LogP contribution in [0.2, 0.25) is 5.02 Å². The van der Waals surface area contributed by atoms with Gasteiger partial charge in [0.25, 0.3) is 0 Å². The molecular weight excluding hydrogens is 382 g/mol. The van der Waals surface area contributed by atoms with Crippen LogP contribution in [0, 0.1) is 13.8 Å². The lowest BCUT2D eigenvalue weighted by atomic mass is 10.1. The normalized spacial score (nSPS) is 10.9. The Balaban J connectivity index is 2.03. The standard InChI is InChI=1S/C21H24ClNO5/c1-6-23-13(2)9-16(14(23)3)18(24)12-28-20(25)8-7-15-10-17(22)21(27-5)19(11-15)26-4/h7-11H,6,12H2,1-5H3/b8-7+. The average molecular weight is 406 g/mol. The molecule has 2 rings (SSSR count). The second-order valence-corrected chi connectivity index (χ2v) is 6.54. The van der Waals surface area contributed by atoms with Gasteiger partial charge in [-0.15, -0.1) is 0 Å². The molecule has 0 saturated heterocycles. The molecule has 1 heterocycles. The number of nitrogens with zero attached hydrogens (tertiary/aromatic N) is 1. The maximum Gasteiger partial charge on any atom is 0.331 e. The van der Waals surface area contributed by atoms with Gasteiger partial charge in [0.2, 0.25) is 5.78 Å². The number of carbonyl (C=O) groups excluding carboxylic acids is 2. The highest BCUT2D eigenvalue weighted by atomic mass is 35.5. The molecule has 0 aliphatic rings. The Morgan fingerprint density at radius 3 is 2.43 bits per heavy atom. The lowest BCUT2D eigenvalue weighted by molar-refractivity contribution is -0.136. The van der Waals surface area contributed by atoms with Gasteiger partial charge in [-0.25, -0.2) is 4.79 Å². The van der Waals surface area contributed by atoms with Crippen molar-refractivity contribution >= 4 is 29.4 Å². The first-order valence-corrected chi connectivity index (χ1v) is 9.16. The average Bonchev–Trinajstić information content (AvgIpc) is 2.97. The van der Waals surface area contributed by atoms with Crippen LogP contribution in [0.4, 0.5) is 0 Å². The lowest BCUT2D eigenvalue weighted by Crippen LogP contribution is -2.13. The molecule has 0 spiro atoms. The molecule has 0 amide bonds. The molecule has 150 valence electrons. The number of aryl methyl sites for hydroxylation is 1. The van der Waals surface area contributed by atoms with Crippen LogP contribution in [-0.2, 0) is 16.1 Å². The van der Waals surface area contributed by atoms with Crippen LogP contribution in [0.5, 0.6) is 11.5 Å². The molecule has 0 unspecified atom stereocenters. The number of ether oxygens (including phenoxy) is 3. The Bertz CT molecular complexity index is 914. The smallest absolute Gasteiger partial charge is 0.331 e. The first kappa shape index (κ1) is 21.6. The van der Waals surface area contributed by atoms with E-state index in [0.717, 1.165) is 17.9 Å². The van der Waals surface area contributed by atoms with Gasteiger partial charge in [0.05, 0.1) is 19.2 Å². The Morgan fingerprint density at radius 1 is 1.14 bits per heavy atom. The van der Waals surface area contributed by atoms with E-state index < -0.39 is 5.97 Å². The van der Waals surface area contributed by atoms with E-state index in [-0.39, 0.29) is 12.4 Å². The molecule has 2 aromatic rings. The molecule has 1 aromatic heterocycles. The topological polar surface area (TPSA) is 66.8 Å². The summed E-state index contributed by atoms with van der Waals surface area (Å²) in [4.78, 5) is 24.3. The summed E-state index contributed by atoms with van der Waals surface area (Å²) in [5.74, 6) is 0.0101. The summed E-state index contributed by atoms with van der Waals surface area (Å²) in [5, 5.41) is 0.358. The minimum absolute atomic E-state index is 0.233. The number of esters is 1. The van der Waals surface area contributed by atoms with E-state index in [2.05, 4.69) is 0 Å². The third-order valence-electron chi connectivity index (χ3n) is 4.40. The minimum atomic E-state index is -0.622. The highest BCUT2D eigenvalue weighted by molar-refractivity contribution is 6.32. The summed E-state index contributed by atoms with van der Waals surface area (Å²) in [6.07, 6.45) is 2.77. The summed E-state index contributed by atoms with van der Waals surface area (Å²) in [6.45, 7) is 6.30. The Kier molecular flexibility index (Phi) is 7.29. The van der Waals surface area contributed by atoms with E-state index >= 15 is 0 Å². The molecule has 6 nitrogen and oxygen atoms in total. The predicted molar refractivity (Wildman–Crippen MR) is 108 cm³/mol. The zero-order valence-corrected chi connectivity index (χ0v) is 17.4. The van der Waals surface area contributed by atoms with Crippen LogP contribution in [0.15, 0.2) is 24.3 Å². The predicted octanol–water partition coefficient (Wildman–Crippen LogP) is 4.23. The molecule has 0 saturated carbocycles. The van der Waals surface area contributed by atoms with Crippen molar-refractivity contribution in [2.45, 2.75) is 27.3 Å².